The van der Waals surface area contributed by atoms with E-state index in [-0.39, 0.29) is 23.7 Å². The number of anilines is 1. The number of hydrogen-bond acceptors (Lipinski definition) is 3. The van der Waals surface area contributed by atoms with Crippen LogP contribution in [-0.2, 0) is 19.7 Å². The van der Waals surface area contributed by atoms with E-state index in [0.29, 0.717) is 19.7 Å². The molecule has 5 nitrogen and oxygen atoms in total. The van der Waals surface area contributed by atoms with E-state index in [2.05, 4.69) is 26.1 Å². The molecule has 0 aliphatic rings. The summed E-state index contributed by atoms with van der Waals surface area (Å²) in [7, 11) is 1.64. The van der Waals surface area contributed by atoms with Gasteiger partial charge in [-0.15, -0.1) is 0 Å². The Hall–Kier alpha value is -1.88. The van der Waals surface area contributed by atoms with E-state index in [0.717, 1.165) is 17.7 Å². The van der Waals surface area contributed by atoms with E-state index in [1.807, 2.05) is 24.3 Å². The molecule has 2 amide bonds. The highest BCUT2D eigenvalue weighted by Crippen LogP contribution is 2.29. The van der Waals surface area contributed by atoms with Gasteiger partial charge in [0.25, 0.3) is 0 Å². The maximum Gasteiger partial charge on any atom is 0.226 e. The number of carbonyl (C=O) groups excluding carboxylic acids is 2. The van der Waals surface area contributed by atoms with Crippen LogP contribution < -0.4 is 5.32 Å². The first-order chi connectivity index (χ1) is 11.3. The van der Waals surface area contributed by atoms with Gasteiger partial charge < -0.3 is 15.0 Å². The molecular formula is C19H30N2O3. The van der Waals surface area contributed by atoms with E-state index < -0.39 is 0 Å². The van der Waals surface area contributed by atoms with Crippen molar-refractivity contribution >= 4 is 17.5 Å². The molecule has 0 spiro atoms. The third-order valence-electron chi connectivity index (χ3n) is 3.84. The Bertz CT molecular complexity index is 550. The molecule has 0 atom stereocenters. The van der Waals surface area contributed by atoms with Crippen molar-refractivity contribution in [1.82, 2.24) is 4.90 Å². The second-order valence-corrected chi connectivity index (χ2v) is 6.95. The molecule has 0 aliphatic carbocycles. The normalized spacial score (nSPS) is 11.2. The summed E-state index contributed by atoms with van der Waals surface area (Å²) in [6, 6.07) is 7.84. The molecule has 0 saturated heterocycles. The SMILES string of the molecule is COCCCN(CCC(=O)Nc1ccccc1C(C)(C)C)C(C)=O. The summed E-state index contributed by atoms with van der Waals surface area (Å²) < 4.78 is 5.00. The van der Waals surface area contributed by atoms with Gasteiger partial charge in [0, 0.05) is 45.8 Å². The van der Waals surface area contributed by atoms with Gasteiger partial charge in [0.2, 0.25) is 11.8 Å². The average Bonchev–Trinajstić information content (AvgIpc) is 2.49. The minimum absolute atomic E-state index is 0.0194. The molecule has 1 N–H and O–H groups in total. The molecule has 1 rings (SSSR count). The van der Waals surface area contributed by atoms with Gasteiger partial charge in [-0.2, -0.15) is 0 Å². The number of amides is 2. The van der Waals surface area contributed by atoms with Crippen LogP contribution in [0.25, 0.3) is 0 Å². The quantitative estimate of drug-likeness (QED) is 0.743. The number of methoxy groups -OCH3 is 1. The lowest BCUT2D eigenvalue weighted by atomic mass is 9.86. The summed E-state index contributed by atoms with van der Waals surface area (Å²) in [5.74, 6) is -0.0984. The van der Waals surface area contributed by atoms with E-state index in [9.17, 15) is 9.59 Å². The summed E-state index contributed by atoms with van der Waals surface area (Å²) in [6.07, 6.45) is 1.05. The van der Waals surface area contributed by atoms with Crippen molar-refractivity contribution in [3.8, 4) is 0 Å². The zero-order valence-electron chi connectivity index (χ0n) is 15.5. The molecule has 0 bridgehead atoms. The number of benzene rings is 1. The average molecular weight is 334 g/mol. The number of para-hydroxylation sites is 1. The molecular weight excluding hydrogens is 304 g/mol. The number of rotatable bonds is 8. The Balaban J connectivity index is 2.61. The lowest BCUT2D eigenvalue weighted by Crippen LogP contribution is -2.33. The van der Waals surface area contributed by atoms with Crippen molar-refractivity contribution in [2.24, 2.45) is 0 Å². The highest BCUT2D eigenvalue weighted by atomic mass is 16.5. The fraction of sp³-hybridized carbons (Fsp3) is 0.579. The fourth-order valence-corrected chi connectivity index (χ4v) is 2.52. The second-order valence-electron chi connectivity index (χ2n) is 6.95. The van der Waals surface area contributed by atoms with Crippen molar-refractivity contribution < 1.29 is 14.3 Å². The van der Waals surface area contributed by atoms with Gasteiger partial charge in [0.05, 0.1) is 0 Å². The zero-order valence-corrected chi connectivity index (χ0v) is 15.5. The van der Waals surface area contributed by atoms with Gasteiger partial charge in [-0.25, -0.2) is 0 Å². The Labute approximate surface area is 145 Å². The van der Waals surface area contributed by atoms with Crippen LogP contribution >= 0.6 is 0 Å². The molecule has 0 aliphatic heterocycles. The van der Waals surface area contributed by atoms with Gasteiger partial charge in [-0.1, -0.05) is 39.0 Å². The summed E-state index contributed by atoms with van der Waals surface area (Å²) >= 11 is 0. The van der Waals surface area contributed by atoms with Crippen LogP contribution in [0.15, 0.2) is 24.3 Å². The van der Waals surface area contributed by atoms with Crippen molar-refractivity contribution in [1.29, 1.82) is 0 Å². The Morgan fingerprint density at radius 2 is 1.83 bits per heavy atom. The predicted octanol–water partition coefficient (Wildman–Crippen LogP) is 3.20. The standard InChI is InChI=1S/C19H30N2O3/c1-15(22)21(12-8-14-24-5)13-11-18(23)20-17-10-7-6-9-16(17)19(2,3)4/h6-7,9-10H,8,11-14H2,1-5H3,(H,20,23). The van der Waals surface area contributed by atoms with E-state index in [1.54, 1.807) is 12.0 Å². The topological polar surface area (TPSA) is 58.6 Å². The van der Waals surface area contributed by atoms with Gasteiger partial charge in [-0.3, -0.25) is 9.59 Å². The maximum absolute atomic E-state index is 12.3. The summed E-state index contributed by atoms with van der Waals surface area (Å²) in [5, 5.41) is 2.98. The van der Waals surface area contributed by atoms with Gasteiger partial charge >= 0.3 is 0 Å². The Kier molecular flexibility index (Phi) is 7.92. The number of nitrogens with one attached hydrogen (secondary N) is 1. The lowest BCUT2D eigenvalue weighted by Gasteiger charge is -2.24. The monoisotopic (exact) mass is 334 g/mol. The van der Waals surface area contributed by atoms with E-state index >= 15 is 0 Å². The molecule has 1 aromatic carbocycles. The van der Waals surface area contributed by atoms with Crippen LogP contribution in [0.2, 0.25) is 0 Å². The minimum atomic E-state index is -0.0790. The summed E-state index contributed by atoms with van der Waals surface area (Å²) in [4.78, 5) is 25.6. The number of hydrogen-bond donors (Lipinski definition) is 1. The maximum atomic E-state index is 12.3. The minimum Gasteiger partial charge on any atom is -0.385 e. The summed E-state index contributed by atoms with van der Waals surface area (Å²) in [5.41, 5.74) is 1.89. The molecule has 0 aromatic heterocycles. The lowest BCUT2D eigenvalue weighted by molar-refractivity contribution is -0.129. The molecule has 134 valence electrons. The first-order valence-corrected chi connectivity index (χ1v) is 8.39. The van der Waals surface area contributed by atoms with Crippen LogP contribution in [0.1, 0.15) is 46.1 Å². The Morgan fingerprint density at radius 1 is 1.17 bits per heavy atom. The zero-order chi connectivity index (χ0) is 18.2. The fourth-order valence-electron chi connectivity index (χ4n) is 2.52. The smallest absolute Gasteiger partial charge is 0.226 e. The van der Waals surface area contributed by atoms with Crippen LogP contribution in [0.4, 0.5) is 5.69 Å². The first-order valence-electron chi connectivity index (χ1n) is 8.39. The molecule has 0 saturated carbocycles. The van der Waals surface area contributed by atoms with E-state index in [1.165, 1.54) is 6.92 Å². The molecule has 0 radical (unpaired) electrons. The molecule has 1 aromatic rings. The van der Waals surface area contributed by atoms with Crippen molar-refractivity contribution in [2.75, 3.05) is 32.1 Å². The highest BCUT2D eigenvalue weighted by molar-refractivity contribution is 5.92. The highest BCUT2D eigenvalue weighted by Gasteiger charge is 2.19. The number of ether oxygens (including phenoxy) is 1. The second kappa shape index (κ2) is 9.42. The van der Waals surface area contributed by atoms with E-state index in [4.69, 9.17) is 4.74 Å². The third-order valence-corrected chi connectivity index (χ3v) is 3.84. The van der Waals surface area contributed by atoms with Gasteiger partial charge in [-0.05, 0) is 23.5 Å². The van der Waals surface area contributed by atoms with Crippen LogP contribution in [0.3, 0.4) is 0 Å². The van der Waals surface area contributed by atoms with Crippen molar-refractivity contribution in [2.45, 2.75) is 46.0 Å². The number of nitrogens with zero attached hydrogens (tertiary/aromatic N) is 1. The van der Waals surface area contributed by atoms with Crippen LogP contribution in [0.5, 0.6) is 0 Å². The molecule has 5 heteroatoms. The molecule has 0 unspecified atom stereocenters. The Morgan fingerprint density at radius 3 is 2.42 bits per heavy atom. The van der Waals surface area contributed by atoms with Gasteiger partial charge in [0.15, 0.2) is 0 Å². The third kappa shape index (κ3) is 6.71. The largest absolute Gasteiger partial charge is 0.385 e. The predicted molar refractivity (Wildman–Crippen MR) is 97.1 cm³/mol. The van der Waals surface area contributed by atoms with Crippen LogP contribution in [-0.4, -0.2) is 43.5 Å². The molecule has 24 heavy (non-hydrogen) atoms. The van der Waals surface area contributed by atoms with Crippen molar-refractivity contribution in [3.63, 3.8) is 0 Å². The van der Waals surface area contributed by atoms with Gasteiger partial charge in [0.1, 0.15) is 0 Å². The van der Waals surface area contributed by atoms with Crippen molar-refractivity contribution in [3.05, 3.63) is 29.8 Å². The first kappa shape index (κ1) is 20.2. The number of carbonyl (C=O) groups is 2. The molecule has 0 heterocycles. The molecule has 0 fully saturated rings. The summed E-state index contributed by atoms with van der Waals surface area (Å²) in [6.45, 7) is 9.51. The van der Waals surface area contributed by atoms with Crippen LogP contribution in [0, 0.1) is 0 Å².